The summed E-state index contributed by atoms with van der Waals surface area (Å²) < 4.78 is 3.74. The van der Waals surface area contributed by atoms with Crippen molar-refractivity contribution in [2.24, 2.45) is 14.1 Å². The van der Waals surface area contributed by atoms with Crippen molar-refractivity contribution in [2.75, 3.05) is 5.32 Å². The van der Waals surface area contributed by atoms with Gasteiger partial charge in [0.2, 0.25) is 0 Å². The van der Waals surface area contributed by atoms with Crippen LogP contribution in [0.1, 0.15) is 22.6 Å². The van der Waals surface area contributed by atoms with Crippen LogP contribution in [0.5, 0.6) is 0 Å². The third kappa shape index (κ3) is 2.09. The monoisotopic (exact) mass is 243 g/mol. The molecular formula is C13H17N5. The van der Waals surface area contributed by atoms with E-state index in [-0.39, 0.29) is 0 Å². The highest BCUT2D eigenvalue weighted by Crippen LogP contribution is 2.15. The van der Waals surface area contributed by atoms with Crippen LogP contribution in [0.4, 0.5) is 5.82 Å². The van der Waals surface area contributed by atoms with Crippen molar-refractivity contribution < 1.29 is 0 Å². The van der Waals surface area contributed by atoms with E-state index in [4.69, 9.17) is 5.26 Å². The minimum Gasteiger partial charge on any atom is -0.364 e. The Labute approximate surface area is 107 Å². The van der Waals surface area contributed by atoms with Gasteiger partial charge < -0.3 is 9.88 Å². The van der Waals surface area contributed by atoms with Crippen LogP contribution in [0.3, 0.4) is 0 Å². The van der Waals surface area contributed by atoms with Gasteiger partial charge in [-0.15, -0.1) is 0 Å². The largest absolute Gasteiger partial charge is 0.364 e. The Morgan fingerprint density at radius 2 is 2.06 bits per heavy atom. The molecule has 1 N–H and O–H groups in total. The Balaban J connectivity index is 2.13. The van der Waals surface area contributed by atoms with E-state index in [0.29, 0.717) is 12.2 Å². The molecule has 0 aliphatic rings. The zero-order valence-corrected chi connectivity index (χ0v) is 11.2. The van der Waals surface area contributed by atoms with Gasteiger partial charge in [-0.1, -0.05) is 0 Å². The fraction of sp³-hybridized carbons (Fsp3) is 0.385. The van der Waals surface area contributed by atoms with Crippen molar-refractivity contribution in [3.63, 3.8) is 0 Å². The summed E-state index contributed by atoms with van der Waals surface area (Å²) in [6.07, 6.45) is 0. The first-order chi connectivity index (χ1) is 8.52. The second-order valence-electron chi connectivity index (χ2n) is 4.46. The average molecular weight is 243 g/mol. The second kappa shape index (κ2) is 4.57. The Kier molecular flexibility index (Phi) is 3.11. The van der Waals surface area contributed by atoms with Gasteiger partial charge in [0.25, 0.3) is 0 Å². The molecular weight excluding hydrogens is 226 g/mol. The number of hydrogen-bond acceptors (Lipinski definition) is 3. The summed E-state index contributed by atoms with van der Waals surface area (Å²) in [7, 11) is 3.82. The van der Waals surface area contributed by atoms with E-state index in [1.54, 1.807) is 0 Å². The predicted molar refractivity (Wildman–Crippen MR) is 70.1 cm³/mol. The van der Waals surface area contributed by atoms with Crippen molar-refractivity contribution in [3.8, 4) is 6.07 Å². The second-order valence-corrected chi connectivity index (χ2v) is 4.46. The SMILES string of the molecule is Cc1cc(NCc2cc(C#N)n(C)c2C)nn1C. The molecule has 0 bridgehead atoms. The molecule has 94 valence electrons. The van der Waals surface area contributed by atoms with Gasteiger partial charge in [-0.3, -0.25) is 4.68 Å². The first kappa shape index (κ1) is 12.2. The molecule has 0 fully saturated rings. The van der Waals surface area contributed by atoms with E-state index >= 15 is 0 Å². The molecule has 18 heavy (non-hydrogen) atoms. The van der Waals surface area contributed by atoms with Crippen LogP contribution < -0.4 is 5.32 Å². The lowest BCUT2D eigenvalue weighted by Gasteiger charge is -2.03. The normalized spacial score (nSPS) is 10.4. The van der Waals surface area contributed by atoms with Gasteiger partial charge >= 0.3 is 0 Å². The molecule has 0 unspecified atom stereocenters. The highest BCUT2D eigenvalue weighted by atomic mass is 15.3. The Bertz CT molecular complexity index is 593. The van der Waals surface area contributed by atoms with Crippen LogP contribution in [-0.4, -0.2) is 14.3 Å². The van der Waals surface area contributed by atoms with E-state index in [1.807, 2.05) is 49.3 Å². The van der Waals surface area contributed by atoms with Crippen LogP contribution in [0.2, 0.25) is 0 Å². The number of nitriles is 1. The fourth-order valence-electron chi connectivity index (χ4n) is 1.88. The number of aromatic nitrogens is 3. The molecule has 2 aromatic rings. The topological polar surface area (TPSA) is 58.6 Å². The molecule has 5 heteroatoms. The van der Waals surface area contributed by atoms with Crippen molar-refractivity contribution in [1.82, 2.24) is 14.3 Å². The molecule has 0 radical (unpaired) electrons. The van der Waals surface area contributed by atoms with E-state index in [9.17, 15) is 0 Å². The lowest BCUT2D eigenvalue weighted by molar-refractivity contribution is 0.741. The summed E-state index contributed by atoms with van der Waals surface area (Å²) in [6.45, 7) is 4.71. The number of hydrogen-bond donors (Lipinski definition) is 1. The molecule has 0 atom stereocenters. The first-order valence-electron chi connectivity index (χ1n) is 5.82. The minimum atomic E-state index is 0.678. The van der Waals surface area contributed by atoms with Crippen LogP contribution in [0.25, 0.3) is 0 Å². The lowest BCUT2D eigenvalue weighted by Crippen LogP contribution is -2.02. The molecule has 5 nitrogen and oxygen atoms in total. The molecule has 0 spiro atoms. The van der Waals surface area contributed by atoms with Gasteiger partial charge in [-0.2, -0.15) is 10.4 Å². The van der Waals surface area contributed by atoms with Crippen molar-refractivity contribution >= 4 is 5.82 Å². The number of nitrogens with zero attached hydrogens (tertiary/aromatic N) is 4. The minimum absolute atomic E-state index is 0.678. The molecule has 0 aliphatic heterocycles. The first-order valence-corrected chi connectivity index (χ1v) is 5.82. The summed E-state index contributed by atoms with van der Waals surface area (Å²) in [5.74, 6) is 0.858. The van der Waals surface area contributed by atoms with Gasteiger partial charge in [-0.25, -0.2) is 0 Å². The van der Waals surface area contributed by atoms with Crippen LogP contribution in [0, 0.1) is 25.2 Å². The molecule has 2 aromatic heterocycles. The zero-order valence-electron chi connectivity index (χ0n) is 11.2. The van der Waals surface area contributed by atoms with E-state index in [0.717, 1.165) is 22.8 Å². The summed E-state index contributed by atoms with van der Waals surface area (Å²) in [5.41, 5.74) is 4.02. The molecule has 0 saturated heterocycles. The predicted octanol–water partition coefficient (Wildman–Crippen LogP) is 1.86. The van der Waals surface area contributed by atoms with Crippen LogP contribution in [-0.2, 0) is 20.6 Å². The van der Waals surface area contributed by atoms with Gasteiger partial charge in [0.15, 0.2) is 0 Å². The molecule has 2 rings (SSSR count). The van der Waals surface area contributed by atoms with Crippen molar-refractivity contribution in [3.05, 3.63) is 34.8 Å². The summed E-state index contributed by atoms with van der Waals surface area (Å²) in [4.78, 5) is 0. The molecule has 0 aromatic carbocycles. The molecule has 0 amide bonds. The zero-order chi connectivity index (χ0) is 13.3. The third-order valence-corrected chi connectivity index (χ3v) is 3.33. The third-order valence-electron chi connectivity index (χ3n) is 3.33. The van der Waals surface area contributed by atoms with Gasteiger partial charge in [0.1, 0.15) is 17.6 Å². The summed E-state index contributed by atoms with van der Waals surface area (Å²) >= 11 is 0. The van der Waals surface area contributed by atoms with Crippen molar-refractivity contribution in [2.45, 2.75) is 20.4 Å². The maximum atomic E-state index is 8.97. The Morgan fingerprint density at radius 3 is 2.56 bits per heavy atom. The summed E-state index contributed by atoms with van der Waals surface area (Å²) in [6, 6.07) is 6.10. The lowest BCUT2D eigenvalue weighted by atomic mass is 10.2. The summed E-state index contributed by atoms with van der Waals surface area (Å²) in [5, 5.41) is 16.6. The van der Waals surface area contributed by atoms with Gasteiger partial charge in [0, 0.05) is 38.1 Å². The highest BCUT2D eigenvalue weighted by molar-refractivity contribution is 5.40. The van der Waals surface area contributed by atoms with E-state index in [2.05, 4.69) is 16.5 Å². The standard InChI is InChI=1S/C13H17N5/c1-9-5-13(16-18(9)4)15-8-11-6-12(7-14)17(3)10(11)2/h5-6H,8H2,1-4H3,(H,15,16). The molecule has 2 heterocycles. The van der Waals surface area contributed by atoms with Crippen LogP contribution in [0.15, 0.2) is 12.1 Å². The molecule has 0 saturated carbocycles. The quantitative estimate of drug-likeness (QED) is 0.895. The number of aryl methyl sites for hydroxylation is 2. The smallest absolute Gasteiger partial charge is 0.148 e. The van der Waals surface area contributed by atoms with Gasteiger partial charge in [-0.05, 0) is 25.5 Å². The number of nitrogens with one attached hydrogen (secondary N) is 1. The Morgan fingerprint density at radius 1 is 1.33 bits per heavy atom. The fourth-order valence-corrected chi connectivity index (χ4v) is 1.88. The van der Waals surface area contributed by atoms with E-state index < -0.39 is 0 Å². The van der Waals surface area contributed by atoms with E-state index in [1.165, 1.54) is 0 Å². The number of anilines is 1. The maximum absolute atomic E-state index is 8.97. The maximum Gasteiger partial charge on any atom is 0.148 e. The van der Waals surface area contributed by atoms with Crippen LogP contribution >= 0.6 is 0 Å². The highest BCUT2D eigenvalue weighted by Gasteiger charge is 2.09. The molecule has 0 aliphatic carbocycles. The van der Waals surface area contributed by atoms with Crippen molar-refractivity contribution in [1.29, 1.82) is 5.26 Å². The number of rotatable bonds is 3. The van der Waals surface area contributed by atoms with Gasteiger partial charge in [0.05, 0.1) is 0 Å². The average Bonchev–Trinajstić information content (AvgIpc) is 2.80. The Hall–Kier alpha value is -2.22.